The van der Waals surface area contributed by atoms with E-state index in [0.29, 0.717) is 12.2 Å². The highest BCUT2D eigenvalue weighted by molar-refractivity contribution is 7.92. The Morgan fingerprint density at radius 3 is 2.07 bits per heavy atom. The van der Waals surface area contributed by atoms with E-state index in [9.17, 15) is 18.0 Å². The Hall–Kier alpha value is -4.43. The zero-order valence-corrected chi connectivity index (χ0v) is 26.0. The first-order chi connectivity index (χ1) is 20.6. The summed E-state index contributed by atoms with van der Waals surface area (Å²) in [6, 6.07) is 29.9. The third kappa shape index (κ3) is 7.70. The van der Waals surface area contributed by atoms with Crippen LogP contribution in [0, 0.1) is 20.8 Å². The van der Waals surface area contributed by atoms with Crippen molar-refractivity contribution in [3.63, 3.8) is 0 Å². The maximum Gasteiger partial charge on any atom is 0.264 e. The molecule has 4 aromatic carbocycles. The molecule has 0 aliphatic carbocycles. The number of hydrogen-bond acceptors (Lipinski definition) is 4. The van der Waals surface area contributed by atoms with E-state index in [4.69, 9.17) is 0 Å². The molecule has 0 saturated carbocycles. The van der Waals surface area contributed by atoms with Crippen LogP contribution in [0.1, 0.15) is 34.7 Å². The minimum Gasteiger partial charge on any atom is -0.355 e. The lowest BCUT2D eigenvalue weighted by Gasteiger charge is -2.34. The Bertz CT molecular complexity index is 1660. The molecule has 8 heteroatoms. The number of carbonyl (C=O) groups is 2. The highest BCUT2D eigenvalue weighted by atomic mass is 32.2. The second kappa shape index (κ2) is 14.2. The molecule has 7 nitrogen and oxygen atoms in total. The van der Waals surface area contributed by atoms with E-state index in [1.807, 2.05) is 88.4 Å². The number of carbonyl (C=O) groups excluding carboxylic acids is 2. The van der Waals surface area contributed by atoms with Crippen LogP contribution in [0.3, 0.4) is 0 Å². The van der Waals surface area contributed by atoms with Gasteiger partial charge in [0, 0.05) is 19.5 Å². The summed E-state index contributed by atoms with van der Waals surface area (Å²) >= 11 is 0. The van der Waals surface area contributed by atoms with Crippen molar-refractivity contribution >= 4 is 27.5 Å². The zero-order valence-electron chi connectivity index (χ0n) is 25.2. The molecule has 2 amide bonds. The topological polar surface area (TPSA) is 86.8 Å². The first kappa shape index (κ1) is 31.5. The molecule has 1 unspecified atom stereocenters. The molecule has 0 fully saturated rings. The Kier molecular flexibility index (Phi) is 10.4. The first-order valence-electron chi connectivity index (χ1n) is 14.4. The molecule has 0 aromatic heterocycles. The molecule has 43 heavy (non-hydrogen) atoms. The monoisotopic (exact) mass is 597 g/mol. The largest absolute Gasteiger partial charge is 0.355 e. The molecule has 0 bridgehead atoms. The van der Waals surface area contributed by atoms with Gasteiger partial charge in [-0.2, -0.15) is 0 Å². The molecule has 1 atom stereocenters. The summed E-state index contributed by atoms with van der Waals surface area (Å²) in [6.45, 7) is 7.62. The molecule has 0 aliphatic rings. The van der Waals surface area contributed by atoms with Crippen LogP contribution in [0.4, 0.5) is 5.69 Å². The highest BCUT2D eigenvalue weighted by Crippen LogP contribution is 2.29. The summed E-state index contributed by atoms with van der Waals surface area (Å²) < 4.78 is 29.4. The molecule has 224 valence electrons. The van der Waals surface area contributed by atoms with Crippen molar-refractivity contribution in [2.24, 2.45) is 0 Å². The molecular weight excluding hydrogens is 558 g/mol. The van der Waals surface area contributed by atoms with Gasteiger partial charge in [0.25, 0.3) is 10.0 Å². The van der Waals surface area contributed by atoms with Gasteiger partial charge in [-0.3, -0.25) is 13.9 Å². The predicted octanol–water partition coefficient (Wildman–Crippen LogP) is 5.58. The van der Waals surface area contributed by atoms with E-state index in [-0.39, 0.29) is 23.8 Å². The van der Waals surface area contributed by atoms with Crippen molar-refractivity contribution in [2.75, 3.05) is 17.4 Å². The van der Waals surface area contributed by atoms with Gasteiger partial charge in [0.2, 0.25) is 11.8 Å². The van der Waals surface area contributed by atoms with Crippen molar-refractivity contribution in [3.05, 3.63) is 131 Å². The molecule has 4 aromatic rings. The molecular formula is C35H39N3O4S. The number of anilines is 1. The molecule has 0 radical (unpaired) electrons. The summed E-state index contributed by atoms with van der Waals surface area (Å²) in [5, 5.41) is 2.89. The smallest absolute Gasteiger partial charge is 0.264 e. The van der Waals surface area contributed by atoms with Crippen LogP contribution in [0.25, 0.3) is 0 Å². The maximum atomic E-state index is 14.5. The maximum absolute atomic E-state index is 14.5. The number of hydrogen-bond donors (Lipinski definition) is 1. The Balaban J connectivity index is 1.82. The fourth-order valence-electron chi connectivity index (χ4n) is 5.09. The van der Waals surface area contributed by atoms with E-state index < -0.39 is 28.5 Å². The van der Waals surface area contributed by atoms with Gasteiger partial charge in [0.1, 0.15) is 12.6 Å². The van der Waals surface area contributed by atoms with Crippen LogP contribution in [-0.2, 0) is 32.6 Å². The van der Waals surface area contributed by atoms with Crippen molar-refractivity contribution in [2.45, 2.75) is 51.6 Å². The lowest BCUT2D eigenvalue weighted by Crippen LogP contribution is -2.53. The van der Waals surface area contributed by atoms with Gasteiger partial charge < -0.3 is 10.2 Å². The van der Waals surface area contributed by atoms with Gasteiger partial charge in [-0.1, -0.05) is 90.5 Å². The van der Waals surface area contributed by atoms with Gasteiger partial charge in [-0.25, -0.2) is 8.42 Å². The zero-order chi connectivity index (χ0) is 31.0. The van der Waals surface area contributed by atoms with Crippen LogP contribution in [0.2, 0.25) is 0 Å². The summed E-state index contributed by atoms with van der Waals surface area (Å²) in [6.07, 6.45) is 0.277. The standard InChI is InChI=1S/C35H39N3O4S/c1-5-36-35(40)33(23-29-16-8-6-9-17-29)37(24-30-18-12-14-26(2)22-30)34(39)25-38(32-21-13-15-27(3)28(32)4)43(41,42)31-19-10-7-11-20-31/h6-22,33H,5,23-25H2,1-4H3,(H,36,40). The fourth-order valence-corrected chi connectivity index (χ4v) is 6.58. The molecule has 4 rings (SSSR count). The van der Waals surface area contributed by atoms with Crippen molar-refractivity contribution in [3.8, 4) is 0 Å². The quantitative estimate of drug-likeness (QED) is 0.231. The first-order valence-corrected chi connectivity index (χ1v) is 15.9. The molecule has 1 N–H and O–H groups in total. The van der Waals surface area contributed by atoms with Crippen molar-refractivity contribution in [1.29, 1.82) is 0 Å². The number of likely N-dealkylation sites (N-methyl/N-ethyl adjacent to an activating group) is 1. The van der Waals surface area contributed by atoms with Gasteiger partial charge in [0.05, 0.1) is 10.6 Å². The third-order valence-electron chi connectivity index (χ3n) is 7.51. The van der Waals surface area contributed by atoms with E-state index in [0.717, 1.165) is 27.8 Å². The van der Waals surface area contributed by atoms with Gasteiger partial charge in [0.15, 0.2) is 0 Å². The minimum absolute atomic E-state index is 0.0819. The van der Waals surface area contributed by atoms with Crippen molar-refractivity contribution in [1.82, 2.24) is 10.2 Å². The number of aryl methyl sites for hydroxylation is 2. The highest BCUT2D eigenvalue weighted by Gasteiger charge is 2.35. The summed E-state index contributed by atoms with van der Waals surface area (Å²) in [4.78, 5) is 29.7. The van der Waals surface area contributed by atoms with E-state index in [1.165, 1.54) is 21.3 Å². The Morgan fingerprint density at radius 2 is 1.42 bits per heavy atom. The van der Waals surface area contributed by atoms with Crippen LogP contribution >= 0.6 is 0 Å². The molecule has 0 heterocycles. The summed E-state index contributed by atoms with van der Waals surface area (Å²) in [5.41, 5.74) is 4.84. The van der Waals surface area contributed by atoms with Gasteiger partial charge >= 0.3 is 0 Å². The third-order valence-corrected chi connectivity index (χ3v) is 9.29. The lowest BCUT2D eigenvalue weighted by atomic mass is 10.0. The number of amides is 2. The van der Waals surface area contributed by atoms with E-state index >= 15 is 0 Å². The summed E-state index contributed by atoms with van der Waals surface area (Å²) in [5.74, 6) is -0.773. The lowest BCUT2D eigenvalue weighted by molar-refractivity contribution is -0.140. The second-order valence-corrected chi connectivity index (χ2v) is 12.5. The summed E-state index contributed by atoms with van der Waals surface area (Å²) in [7, 11) is -4.13. The molecule has 0 saturated heterocycles. The van der Waals surface area contributed by atoms with Gasteiger partial charge in [-0.15, -0.1) is 0 Å². The molecule has 0 spiro atoms. The van der Waals surface area contributed by atoms with E-state index in [2.05, 4.69) is 5.32 Å². The average Bonchev–Trinajstić information content (AvgIpc) is 3.00. The van der Waals surface area contributed by atoms with Crippen LogP contribution < -0.4 is 9.62 Å². The number of rotatable bonds is 12. The number of nitrogens with zero attached hydrogens (tertiary/aromatic N) is 2. The fraction of sp³-hybridized carbons (Fsp3) is 0.257. The molecule has 0 aliphatic heterocycles. The van der Waals surface area contributed by atoms with Gasteiger partial charge in [-0.05, 0) is 68.1 Å². The number of benzene rings is 4. The normalized spacial score (nSPS) is 11.9. The second-order valence-electron chi connectivity index (χ2n) is 10.7. The van der Waals surface area contributed by atoms with Crippen LogP contribution in [0.5, 0.6) is 0 Å². The van der Waals surface area contributed by atoms with Crippen molar-refractivity contribution < 1.29 is 18.0 Å². The van der Waals surface area contributed by atoms with Crippen LogP contribution in [-0.4, -0.2) is 44.3 Å². The number of sulfonamides is 1. The van der Waals surface area contributed by atoms with Crippen LogP contribution in [0.15, 0.2) is 108 Å². The minimum atomic E-state index is -4.13. The Labute approximate surface area is 255 Å². The predicted molar refractivity (Wildman–Crippen MR) is 171 cm³/mol. The van der Waals surface area contributed by atoms with E-state index in [1.54, 1.807) is 30.3 Å². The SMILES string of the molecule is CCNC(=O)C(Cc1ccccc1)N(Cc1cccc(C)c1)C(=O)CN(c1cccc(C)c1C)S(=O)(=O)c1ccccc1. The Morgan fingerprint density at radius 1 is 0.791 bits per heavy atom. The average molecular weight is 598 g/mol. The number of nitrogens with one attached hydrogen (secondary N) is 1.